The predicted molar refractivity (Wildman–Crippen MR) is 76.9 cm³/mol. The summed E-state index contributed by atoms with van der Waals surface area (Å²) in [5.74, 6) is 2.86. The SMILES string of the molecule is O=[N+]([O-])c1ccc(C#CN2N=NNC2c2ccccc2)s1. The molecule has 0 spiro atoms. The van der Waals surface area contributed by atoms with Crippen molar-refractivity contribution in [3.8, 4) is 12.0 Å². The molecular weight excluding hydrogens is 290 g/mol. The second-order valence-electron chi connectivity index (χ2n) is 4.11. The van der Waals surface area contributed by atoms with Crippen LogP contribution < -0.4 is 5.43 Å². The molecule has 0 radical (unpaired) electrons. The molecule has 1 N–H and O–H groups in total. The first-order chi connectivity index (χ1) is 10.2. The summed E-state index contributed by atoms with van der Waals surface area (Å²) in [4.78, 5) is 10.8. The summed E-state index contributed by atoms with van der Waals surface area (Å²) in [6, 6.07) is 15.6. The predicted octanol–water partition coefficient (Wildman–Crippen LogP) is 2.85. The topological polar surface area (TPSA) is 83.1 Å². The quantitative estimate of drug-likeness (QED) is 0.525. The lowest BCUT2D eigenvalue weighted by atomic mass is 10.2. The number of hydrogen-bond donors (Lipinski definition) is 1. The lowest BCUT2D eigenvalue weighted by Crippen LogP contribution is -2.22. The van der Waals surface area contributed by atoms with Crippen molar-refractivity contribution in [2.75, 3.05) is 0 Å². The minimum Gasteiger partial charge on any atom is -0.261 e. The highest BCUT2D eigenvalue weighted by molar-refractivity contribution is 7.15. The van der Waals surface area contributed by atoms with Gasteiger partial charge in [0.25, 0.3) is 0 Å². The lowest BCUT2D eigenvalue weighted by molar-refractivity contribution is -0.380. The van der Waals surface area contributed by atoms with E-state index in [1.807, 2.05) is 30.3 Å². The maximum atomic E-state index is 10.6. The highest BCUT2D eigenvalue weighted by Gasteiger charge is 2.22. The molecular formula is C13H9N5O2S. The van der Waals surface area contributed by atoms with Crippen LogP contribution in [-0.2, 0) is 0 Å². The maximum Gasteiger partial charge on any atom is 0.325 e. The Morgan fingerprint density at radius 2 is 2.10 bits per heavy atom. The normalized spacial score (nSPS) is 16.2. The van der Waals surface area contributed by atoms with Crippen LogP contribution in [0, 0.1) is 22.1 Å². The van der Waals surface area contributed by atoms with E-state index in [0.717, 1.165) is 16.9 Å². The van der Waals surface area contributed by atoms with Gasteiger partial charge in [-0.05, 0) is 22.8 Å². The van der Waals surface area contributed by atoms with E-state index in [9.17, 15) is 10.1 Å². The standard InChI is InChI=1S/C13H9N5O2S/c19-18(20)12-7-6-11(21-12)8-9-17-13(14-15-16-17)10-4-2-1-3-5-10/h1-7,13H,(H,14,16). The van der Waals surface area contributed by atoms with E-state index in [1.165, 1.54) is 11.1 Å². The molecule has 2 heterocycles. The Morgan fingerprint density at radius 1 is 1.29 bits per heavy atom. The molecule has 1 aromatic heterocycles. The molecule has 1 aliphatic heterocycles. The van der Waals surface area contributed by atoms with Crippen LogP contribution in [0.15, 0.2) is 52.9 Å². The summed E-state index contributed by atoms with van der Waals surface area (Å²) in [6.45, 7) is 0. The van der Waals surface area contributed by atoms with Crippen LogP contribution in [0.1, 0.15) is 16.6 Å². The Morgan fingerprint density at radius 3 is 2.81 bits per heavy atom. The molecule has 0 bridgehead atoms. The van der Waals surface area contributed by atoms with E-state index in [1.54, 1.807) is 6.07 Å². The third kappa shape index (κ3) is 2.82. The Bertz CT molecular complexity index is 747. The Labute approximate surface area is 124 Å². The second kappa shape index (κ2) is 5.60. The van der Waals surface area contributed by atoms with Crippen LogP contribution >= 0.6 is 11.3 Å². The van der Waals surface area contributed by atoms with E-state index in [4.69, 9.17) is 0 Å². The first-order valence-electron chi connectivity index (χ1n) is 6.00. The average Bonchev–Trinajstić information content (AvgIpc) is 3.15. The summed E-state index contributed by atoms with van der Waals surface area (Å²) in [5, 5.41) is 19.8. The molecule has 1 atom stereocenters. The summed E-state index contributed by atoms with van der Waals surface area (Å²) >= 11 is 1.03. The van der Waals surface area contributed by atoms with Gasteiger partial charge in [0.05, 0.1) is 9.80 Å². The molecule has 0 fully saturated rings. The van der Waals surface area contributed by atoms with Crippen molar-refractivity contribution < 1.29 is 4.92 Å². The van der Waals surface area contributed by atoms with E-state index >= 15 is 0 Å². The van der Waals surface area contributed by atoms with Crippen molar-refractivity contribution in [2.45, 2.75) is 6.17 Å². The first kappa shape index (κ1) is 13.1. The molecule has 7 nitrogen and oxygen atoms in total. The van der Waals surface area contributed by atoms with Gasteiger partial charge in [0.2, 0.25) is 0 Å². The molecule has 0 saturated heterocycles. The third-order valence-corrected chi connectivity index (χ3v) is 3.70. The number of benzene rings is 1. The summed E-state index contributed by atoms with van der Waals surface area (Å²) in [7, 11) is 0. The van der Waals surface area contributed by atoms with Gasteiger partial charge in [-0.3, -0.25) is 15.5 Å². The minimum absolute atomic E-state index is 0.0695. The van der Waals surface area contributed by atoms with Gasteiger partial charge in [-0.2, -0.15) is 5.01 Å². The minimum atomic E-state index is -0.431. The smallest absolute Gasteiger partial charge is 0.261 e. The van der Waals surface area contributed by atoms with E-state index in [2.05, 4.69) is 27.8 Å². The van der Waals surface area contributed by atoms with Gasteiger partial charge in [0.1, 0.15) is 0 Å². The van der Waals surface area contributed by atoms with Crippen molar-refractivity contribution in [1.82, 2.24) is 10.4 Å². The van der Waals surface area contributed by atoms with Gasteiger partial charge >= 0.3 is 5.00 Å². The average molecular weight is 299 g/mol. The molecule has 0 amide bonds. The molecule has 2 aromatic rings. The molecule has 0 saturated carbocycles. The largest absolute Gasteiger partial charge is 0.325 e. The van der Waals surface area contributed by atoms with Crippen molar-refractivity contribution in [1.29, 1.82) is 0 Å². The summed E-state index contributed by atoms with van der Waals surface area (Å²) < 4.78 is 0. The molecule has 104 valence electrons. The summed E-state index contributed by atoms with van der Waals surface area (Å²) in [6.07, 6.45) is -0.256. The number of nitro groups is 1. The van der Waals surface area contributed by atoms with Crippen molar-refractivity contribution in [3.63, 3.8) is 0 Å². The van der Waals surface area contributed by atoms with E-state index in [0.29, 0.717) is 4.88 Å². The van der Waals surface area contributed by atoms with Gasteiger partial charge in [-0.1, -0.05) is 46.9 Å². The van der Waals surface area contributed by atoms with Crippen LogP contribution in [0.2, 0.25) is 0 Å². The fourth-order valence-corrected chi connectivity index (χ4v) is 2.45. The highest BCUT2D eigenvalue weighted by Crippen LogP contribution is 2.24. The van der Waals surface area contributed by atoms with Gasteiger partial charge in [-0.25, -0.2) is 0 Å². The Kier molecular flexibility index (Phi) is 3.49. The van der Waals surface area contributed by atoms with Crippen LogP contribution in [0.4, 0.5) is 5.00 Å². The molecule has 1 aromatic carbocycles. The zero-order chi connectivity index (χ0) is 14.7. The molecule has 1 unspecified atom stereocenters. The first-order valence-corrected chi connectivity index (χ1v) is 6.82. The summed E-state index contributed by atoms with van der Waals surface area (Å²) in [5.41, 5.74) is 3.84. The van der Waals surface area contributed by atoms with Gasteiger partial charge in [-0.15, -0.1) is 0 Å². The lowest BCUT2D eigenvalue weighted by Gasteiger charge is -2.15. The van der Waals surface area contributed by atoms with Crippen LogP contribution in [-0.4, -0.2) is 9.93 Å². The molecule has 0 aliphatic carbocycles. The number of nitrogens with one attached hydrogen (secondary N) is 1. The Balaban J connectivity index is 1.79. The van der Waals surface area contributed by atoms with Crippen LogP contribution in [0.5, 0.6) is 0 Å². The van der Waals surface area contributed by atoms with Gasteiger partial charge in [0, 0.05) is 12.1 Å². The molecule has 21 heavy (non-hydrogen) atoms. The number of nitrogens with zero attached hydrogens (tertiary/aromatic N) is 4. The fraction of sp³-hybridized carbons (Fsp3) is 0.0769. The second-order valence-corrected chi connectivity index (χ2v) is 5.17. The zero-order valence-corrected chi connectivity index (χ0v) is 11.4. The number of hydrogen-bond acceptors (Lipinski definition) is 7. The van der Waals surface area contributed by atoms with E-state index < -0.39 is 4.92 Å². The maximum absolute atomic E-state index is 10.6. The molecule has 1 aliphatic rings. The monoisotopic (exact) mass is 299 g/mol. The Hall–Kier alpha value is -2.92. The zero-order valence-electron chi connectivity index (χ0n) is 10.6. The van der Waals surface area contributed by atoms with Crippen LogP contribution in [0.25, 0.3) is 0 Å². The third-order valence-electron chi connectivity index (χ3n) is 2.75. The highest BCUT2D eigenvalue weighted by atomic mass is 32.1. The molecule has 8 heteroatoms. The number of thiophene rings is 1. The van der Waals surface area contributed by atoms with E-state index in [-0.39, 0.29) is 11.2 Å². The fourth-order valence-electron chi connectivity index (χ4n) is 1.78. The molecule has 3 rings (SSSR count). The van der Waals surface area contributed by atoms with Crippen molar-refractivity contribution in [2.24, 2.45) is 10.4 Å². The van der Waals surface area contributed by atoms with Crippen molar-refractivity contribution in [3.05, 3.63) is 63.0 Å². The van der Waals surface area contributed by atoms with Gasteiger partial charge < -0.3 is 0 Å². The van der Waals surface area contributed by atoms with Crippen molar-refractivity contribution >= 4 is 16.3 Å². The van der Waals surface area contributed by atoms with Crippen LogP contribution in [0.3, 0.4) is 0 Å². The number of rotatable bonds is 2. The van der Waals surface area contributed by atoms with Gasteiger partial charge in [0.15, 0.2) is 6.17 Å².